The summed E-state index contributed by atoms with van der Waals surface area (Å²) in [4.78, 5) is 11.7. The molecule has 2 aromatic rings. The van der Waals surface area contributed by atoms with Crippen LogP contribution in [0.2, 0.25) is 0 Å². The summed E-state index contributed by atoms with van der Waals surface area (Å²) in [7, 11) is 0. The van der Waals surface area contributed by atoms with Crippen LogP contribution in [-0.2, 0) is 20.4 Å². The van der Waals surface area contributed by atoms with Crippen LogP contribution in [-0.4, -0.2) is 49.5 Å². The fraction of sp³-hybridized carbons (Fsp3) is 0.480. The first-order chi connectivity index (χ1) is 16.6. The molecular weight excluding hydrogens is 485 g/mol. The molecule has 1 unspecified atom stereocenters. The fourth-order valence-corrected chi connectivity index (χ4v) is 4.28. The highest BCUT2D eigenvalue weighted by Crippen LogP contribution is 2.31. The topological polar surface area (TPSA) is 74.2 Å². The number of hydrogen-bond donors (Lipinski definition) is 1. The summed E-state index contributed by atoms with van der Waals surface area (Å²) in [5, 5.41) is 8.78. The van der Waals surface area contributed by atoms with E-state index in [-0.39, 0.29) is 12.5 Å². The zero-order valence-electron chi connectivity index (χ0n) is 20.0. The predicted octanol–water partition coefficient (Wildman–Crippen LogP) is 6.05. The SMILES string of the molecule is CCOC(CC(COc1ccc(C(F)(F)F)cc1)CSc1ccc(OCC(=O)O)c(C)c1)OCC. The van der Waals surface area contributed by atoms with Crippen molar-refractivity contribution >= 4 is 17.7 Å². The first-order valence-corrected chi connectivity index (χ1v) is 12.2. The third-order valence-corrected chi connectivity index (χ3v) is 6.11. The molecule has 0 aliphatic carbocycles. The number of thioether (sulfide) groups is 1. The average Bonchev–Trinajstić information content (AvgIpc) is 2.80. The van der Waals surface area contributed by atoms with E-state index < -0.39 is 30.6 Å². The van der Waals surface area contributed by atoms with Crippen LogP contribution in [0.5, 0.6) is 11.5 Å². The van der Waals surface area contributed by atoms with E-state index in [2.05, 4.69) is 0 Å². The van der Waals surface area contributed by atoms with Crippen molar-refractivity contribution in [3.05, 3.63) is 53.6 Å². The number of halogens is 3. The van der Waals surface area contributed by atoms with Crippen molar-refractivity contribution in [3.63, 3.8) is 0 Å². The Morgan fingerprint density at radius 1 is 1.03 bits per heavy atom. The second kappa shape index (κ2) is 14.2. The lowest BCUT2D eigenvalue weighted by molar-refractivity contribution is -0.146. The molecule has 0 saturated carbocycles. The Kier molecular flexibility index (Phi) is 11.7. The number of carbonyl (C=O) groups is 1. The molecule has 1 atom stereocenters. The van der Waals surface area contributed by atoms with E-state index >= 15 is 0 Å². The van der Waals surface area contributed by atoms with Gasteiger partial charge in [0.2, 0.25) is 0 Å². The molecule has 0 saturated heterocycles. The van der Waals surface area contributed by atoms with Gasteiger partial charge in [-0.05, 0) is 68.8 Å². The molecule has 0 spiro atoms. The summed E-state index contributed by atoms with van der Waals surface area (Å²) in [6.07, 6.45) is -4.26. The van der Waals surface area contributed by atoms with Gasteiger partial charge < -0.3 is 24.1 Å². The van der Waals surface area contributed by atoms with Crippen LogP contribution < -0.4 is 9.47 Å². The maximum absolute atomic E-state index is 12.8. The molecule has 0 aromatic heterocycles. The lowest BCUT2D eigenvalue weighted by Crippen LogP contribution is -2.26. The highest BCUT2D eigenvalue weighted by atomic mass is 32.2. The first kappa shape index (κ1) is 28.8. The summed E-state index contributed by atoms with van der Waals surface area (Å²) in [5.74, 6) is 0.442. The Morgan fingerprint density at radius 3 is 2.23 bits per heavy atom. The van der Waals surface area contributed by atoms with E-state index in [0.717, 1.165) is 22.6 Å². The van der Waals surface area contributed by atoms with Crippen LogP contribution in [0.1, 0.15) is 31.4 Å². The van der Waals surface area contributed by atoms with Gasteiger partial charge >= 0.3 is 12.1 Å². The van der Waals surface area contributed by atoms with Gasteiger partial charge in [0.1, 0.15) is 11.5 Å². The Labute approximate surface area is 207 Å². The number of alkyl halides is 3. The van der Waals surface area contributed by atoms with Crippen molar-refractivity contribution in [2.75, 3.05) is 32.2 Å². The van der Waals surface area contributed by atoms with Crippen molar-refractivity contribution in [1.82, 2.24) is 0 Å². The molecule has 2 aromatic carbocycles. The van der Waals surface area contributed by atoms with E-state index in [1.54, 1.807) is 17.8 Å². The number of carboxylic acid groups (broad SMARTS) is 1. The number of aliphatic carboxylic acids is 1. The van der Waals surface area contributed by atoms with Crippen LogP contribution in [0.15, 0.2) is 47.4 Å². The van der Waals surface area contributed by atoms with Crippen LogP contribution in [0, 0.1) is 12.8 Å². The lowest BCUT2D eigenvalue weighted by atomic mass is 10.1. The van der Waals surface area contributed by atoms with Gasteiger partial charge in [0, 0.05) is 36.2 Å². The van der Waals surface area contributed by atoms with Gasteiger partial charge in [0.05, 0.1) is 12.2 Å². The summed E-state index contributed by atoms with van der Waals surface area (Å²) in [5.41, 5.74) is 0.0891. The standard InChI is InChI=1S/C25H31F3O6S/c1-4-31-24(32-5-2)13-18(14-33-20-8-6-19(7-9-20)25(26,27)28)16-35-21-10-11-22(17(3)12-21)34-15-23(29)30/h6-12,18,24H,4-5,13-16H2,1-3H3,(H,29,30). The summed E-state index contributed by atoms with van der Waals surface area (Å²) < 4.78 is 60.9. The van der Waals surface area contributed by atoms with E-state index in [0.29, 0.717) is 36.9 Å². The second-order valence-corrected chi connectivity index (χ2v) is 8.79. The average molecular weight is 517 g/mol. The van der Waals surface area contributed by atoms with Gasteiger partial charge in [-0.2, -0.15) is 13.2 Å². The minimum absolute atomic E-state index is 0.0198. The second-order valence-electron chi connectivity index (χ2n) is 7.70. The van der Waals surface area contributed by atoms with Crippen molar-refractivity contribution in [2.24, 2.45) is 5.92 Å². The molecule has 194 valence electrons. The van der Waals surface area contributed by atoms with Crippen molar-refractivity contribution in [3.8, 4) is 11.5 Å². The number of benzene rings is 2. The van der Waals surface area contributed by atoms with Gasteiger partial charge in [-0.15, -0.1) is 11.8 Å². The largest absolute Gasteiger partial charge is 0.493 e. The van der Waals surface area contributed by atoms with Crippen LogP contribution in [0.25, 0.3) is 0 Å². The highest BCUT2D eigenvalue weighted by molar-refractivity contribution is 7.99. The van der Waals surface area contributed by atoms with Crippen LogP contribution >= 0.6 is 11.8 Å². The van der Waals surface area contributed by atoms with Gasteiger partial charge in [-0.1, -0.05) is 0 Å². The van der Waals surface area contributed by atoms with Crippen molar-refractivity contribution in [1.29, 1.82) is 0 Å². The molecule has 0 radical (unpaired) electrons. The number of rotatable bonds is 15. The molecule has 0 heterocycles. The van der Waals surface area contributed by atoms with Gasteiger partial charge in [-0.3, -0.25) is 0 Å². The summed E-state index contributed by atoms with van der Waals surface area (Å²) in [6.45, 7) is 6.44. The molecule has 0 amide bonds. The molecule has 0 aliphatic rings. The van der Waals surface area contributed by atoms with E-state index in [1.165, 1.54) is 12.1 Å². The zero-order chi connectivity index (χ0) is 25.8. The fourth-order valence-electron chi connectivity index (χ4n) is 3.19. The monoisotopic (exact) mass is 516 g/mol. The number of carboxylic acids is 1. The van der Waals surface area contributed by atoms with Crippen molar-refractivity contribution < 1.29 is 42.0 Å². The third kappa shape index (κ3) is 10.4. The minimum atomic E-state index is -4.40. The molecule has 35 heavy (non-hydrogen) atoms. The van der Waals surface area contributed by atoms with E-state index in [1.807, 2.05) is 32.9 Å². The highest BCUT2D eigenvalue weighted by Gasteiger charge is 2.30. The molecule has 0 fully saturated rings. The molecule has 2 rings (SSSR count). The molecule has 1 N–H and O–H groups in total. The summed E-state index contributed by atoms with van der Waals surface area (Å²) in [6, 6.07) is 10.1. The van der Waals surface area contributed by atoms with Crippen LogP contribution in [0.3, 0.4) is 0 Å². The summed E-state index contributed by atoms with van der Waals surface area (Å²) >= 11 is 1.58. The zero-order valence-corrected chi connectivity index (χ0v) is 20.8. The first-order valence-electron chi connectivity index (χ1n) is 11.2. The van der Waals surface area contributed by atoms with Crippen LogP contribution in [0.4, 0.5) is 13.2 Å². The smallest absolute Gasteiger partial charge is 0.416 e. The molecule has 10 heteroatoms. The maximum Gasteiger partial charge on any atom is 0.416 e. The number of ether oxygens (including phenoxy) is 4. The molecule has 0 aliphatic heterocycles. The lowest BCUT2D eigenvalue weighted by Gasteiger charge is -2.24. The number of aryl methyl sites for hydroxylation is 1. The molecule has 6 nitrogen and oxygen atoms in total. The van der Waals surface area contributed by atoms with E-state index in [9.17, 15) is 18.0 Å². The quantitative estimate of drug-likeness (QED) is 0.228. The Hall–Kier alpha value is -2.43. The normalized spacial score (nSPS) is 12.5. The Balaban J connectivity index is 2.05. The maximum atomic E-state index is 12.8. The van der Waals surface area contributed by atoms with Gasteiger partial charge in [-0.25, -0.2) is 4.79 Å². The minimum Gasteiger partial charge on any atom is -0.493 e. The molecular formula is C25H31F3O6S. The van der Waals surface area contributed by atoms with Crippen molar-refractivity contribution in [2.45, 2.75) is 44.6 Å². The Bertz CT molecular complexity index is 914. The third-order valence-electron chi connectivity index (χ3n) is 4.88. The Morgan fingerprint density at radius 2 is 1.69 bits per heavy atom. The van der Waals surface area contributed by atoms with Gasteiger partial charge in [0.25, 0.3) is 0 Å². The molecule has 0 bridgehead atoms. The van der Waals surface area contributed by atoms with Gasteiger partial charge in [0.15, 0.2) is 12.9 Å². The number of hydrogen-bond acceptors (Lipinski definition) is 6. The van der Waals surface area contributed by atoms with E-state index in [4.69, 9.17) is 24.1 Å². The predicted molar refractivity (Wildman–Crippen MR) is 127 cm³/mol.